The average molecular weight is 1260 g/mol. The van der Waals surface area contributed by atoms with Crippen molar-refractivity contribution in [3.63, 3.8) is 0 Å². The van der Waals surface area contributed by atoms with Crippen LogP contribution in [0.25, 0.3) is 0 Å². The molecule has 0 aromatic carbocycles. The maximum absolute atomic E-state index is 13.4. The van der Waals surface area contributed by atoms with Crippen molar-refractivity contribution >= 4 is 5.91 Å². The standard InChI is InChI=1S/C69H127NO18/c1-3-5-7-9-11-13-15-17-19-21-23-24-25-26-27-28-29-30-32-34-36-38-40-42-44-46-53(74)52(70-57(75)47-45-43-41-39-37-35-33-31-22-20-18-16-14-12-10-8-6-4-2)51-83-67-63(81)60(78)65(55(49-72)85-67)88-69-64(82)61(79)66(56(50-73)86-69)87-68-62(80)59(77)58(76)54(48-71)84-68/h29-30,36,38,44,46,52-56,58-69,71-74,76-82H,3-28,31-35,37,39-43,45,47-51H2,1-2H3,(H,70,75)/b30-29+,38-36+,46-44+. The number of aliphatic hydroxyl groups is 11. The van der Waals surface area contributed by atoms with Gasteiger partial charge in [-0.3, -0.25) is 4.79 Å². The number of carbonyl (C=O) groups excluding carboxylic acids is 1. The second-order valence-corrected chi connectivity index (χ2v) is 25.3. The molecule has 88 heavy (non-hydrogen) atoms. The molecule has 0 spiro atoms. The van der Waals surface area contributed by atoms with Gasteiger partial charge in [0, 0.05) is 6.42 Å². The predicted molar refractivity (Wildman–Crippen MR) is 342 cm³/mol. The van der Waals surface area contributed by atoms with Gasteiger partial charge in [-0.2, -0.15) is 0 Å². The lowest BCUT2D eigenvalue weighted by Gasteiger charge is -2.48. The van der Waals surface area contributed by atoms with Crippen molar-refractivity contribution in [3.8, 4) is 0 Å². The van der Waals surface area contributed by atoms with Crippen LogP contribution in [-0.2, 0) is 33.2 Å². The monoisotopic (exact) mass is 1260 g/mol. The van der Waals surface area contributed by atoms with E-state index in [1.165, 1.54) is 186 Å². The minimum Gasteiger partial charge on any atom is -0.394 e. The third-order valence-electron chi connectivity index (χ3n) is 17.7. The van der Waals surface area contributed by atoms with Crippen molar-refractivity contribution in [2.45, 2.75) is 369 Å². The van der Waals surface area contributed by atoms with Crippen LogP contribution in [0.5, 0.6) is 0 Å². The van der Waals surface area contributed by atoms with E-state index < -0.39 is 124 Å². The van der Waals surface area contributed by atoms with Crippen LogP contribution in [0, 0.1) is 0 Å². The molecule has 3 aliphatic heterocycles. The number of nitrogens with one attached hydrogen (secondary N) is 1. The molecule has 516 valence electrons. The first-order valence-electron chi connectivity index (χ1n) is 35.2. The Hall–Kier alpha value is -1.99. The summed E-state index contributed by atoms with van der Waals surface area (Å²) in [6, 6.07) is -0.994. The van der Waals surface area contributed by atoms with E-state index in [2.05, 4.69) is 43.5 Å². The maximum atomic E-state index is 13.4. The molecule has 0 radical (unpaired) electrons. The second kappa shape index (κ2) is 51.4. The summed E-state index contributed by atoms with van der Waals surface area (Å²) in [7, 11) is 0. The molecule has 3 heterocycles. The molecule has 0 aromatic rings. The number of hydrogen-bond donors (Lipinski definition) is 12. The predicted octanol–water partition coefficient (Wildman–Crippen LogP) is 9.22. The van der Waals surface area contributed by atoms with Crippen molar-refractivity contribution < 1.29 is 89.4 Å². The number of ether oxygens (including phenoxy) is 6. The van der Waals surface area contributed by atoms with Crippen LogP contribution in [0.4, 0.5) is 0 Å². The van der Waals surface area contributed by atoms with Gasteiger partial charge in [0.25, 0.3) is 0 Å². The van der Waals surface area contributed by atoms with Crippen molar-refractivity contribution in [2.75, 3.05) is 26.4 Å². The van der Waals surface area contributed by atoms with Crippen molar-refractivity contribution in [3.05, 3.63) is 36.5 Å². The molecule has 17 unspecified atom stereocenters. The molecule has 1 amide bonds. The SMILES string of the molecule is CCCCCCCCCCCCCCCCC/C=C/CC/C=C/CC/C=C/C(O)C(COC1OC(CO)C(OC2OC(CO)C(OC3OC(CO)C(O)C(O)C3O)C(O)C2O)C(O)C1O)NC(=O)CCCCCCCCCCCCCCCCCCCC. The summed E-state index contributed by atoms with van der Waals surface area (Å²) in [6.07, 6.45) is 32.7. The molecule has 0 bridgehead atoms. The molecule has 3 aliphatic rings. The molecule has 12 N–H and O–H groups in total. The quantitative estimate of drug-likeness (QED) is 0.0199. The lowest BCUT2D eigenvalue weighted by atomic mass is 9.96. The smallest absolute Gasteiger partial charge is 0.220 e. The van der Waals surface area contributed by atoms with E-state index in [-0.39, 0.29) is 18.9 Å². The zero-order valence-electron chi connectivity index (χ0n) is 54.5. The van der Waals surface area contributed by atoms with Gasteiger partial charge in [-0.25, -0.2) is 0 Å². The van der Waals surface area contributed by atoms with E-state index in [0.717, 1.165) is 44.9 Å². The van der Waals surface area contributed by atoms with E-state index >= 15 is 0 Å². The summed E-state index contributed by atoms with van der Waals surface area (Å²) in [5.41, 5.74) is 0. The van der Waals surface area contributed by atoms with E-state index in [0.29, 0.717) is 12.8 Å². The average Bonchev–Trinajstić information content (AvgIpc) is 2.38. The summed E-state index contributed by atoms with van der Waals surface area (Å²) in [4.78, 5) is 13.4. The molecule has 17 atom stereocenters. The summed E-state index contributed by atoms with van der Waals surface area (Å²) in [6.45, 7) is 1.73. The van der Waals surface area contributed by atoms with Gasteiger partial charge < -0.3 is 89.9 Å². The molecule has 19 heteroatoms. The van der Waals surface area contributed by atoms with E-state index in [1.807, 2.05) is 6.08 Å². The molecular formula is C69H127NO18. The fourth-order valence-electron chi connectivity index (χ4n) is 11.9. The number of allylic oxidation sites excluding steroid dienone is 5. The van der Waals surface area contributed by atoms with Crippen LogP contribution in [0.2, 0.25) is 0 Å². The van der Waals surface area contributed by atoms with Crippen molar-refractivity contribution in [1.29, 1.82) is 0 Å². The molecule has 3 fully saturated rings. The zero-order valence-corrected chi connectivity index (χ0v) is 54.5. The third-order valence-corrected chi connectivity index (χ3v) is 17.7. The first kappa shape index (κ1) is 80.2. The van der Waals surface area contributed by atoms with E-state index in [1.54, 1.807) is 6.08 Å². The Balaban J connectivity index is 1.46. The Morgan fingerprint density at radius 3 is 1.14 bits per heavy atom. The van der Waals surface area contributed by atoms with Crippen molar-refractivity contribution in [1.82, 2.24) is 5.32 Å². The van der Waals surface area contributed by atoms with Crippen LogP contribution >= 0.6 is 0 Å². The van der Waals surface area contributed by atoms with Gasteiger partial charge >= 0.3 is 0 Å². The highest BCUT2D eigenvalue weighted by molar-refractivity contribution is 5.76. The summed E-state index contributed by atoms with van der Waals surface area (Å²) < 4.78 is 34.3. The Morgan fingerprint density at radius 2 is 0.727 bits per heavy atom. The van der Waals surface area contributed by atoms with Crippen LogP contribution < -0.4 is 5.32 Å². The van der Waals surface area contributed by atoms with Gasteiger partial charge in [-0.15, -0.1) is 0 Å². The van der Waals surface area contributed by atoms with Crippen LogP contribution in [0.15, 0.2) is 36.5 Å². The highest BCUT2D eigenvalue weighted by atomic mass is 16.8. The third kappa shape index (κ3) is 33.2. The fraction of sp³-hybridized carbons (Fsp3) is 0.899. The molecule has 19 nitrogen and oxygen atoms in total. The van der Waals surface area contributed by atoms with Crippen LogP contribution in [-0.4, -0.2) is 193 Å². The molecular weight excluding hydrogens is 1130 g/mol. The number of hydrogen-bond acceptors (Lipinski definition) is 18. The van der Waals surface area contributed by atoms with Gasteiger partial charge in [0.15, 0.2) is 18.9 Å². The lowest BCUT2D eigenvalue weighted by molar-refractivity contribution is -0.379. The van der Waals surface area contributed by atoms with Crippen LogP contribution in [0.3, 0.4) is 0 Å². The first-order valence-corrected chi connectivity index (χ1v) is 35.2. The highest BCUT2D eigenvalue weighted by Gasteiger charge is 2.53. The van der Waals surface area contributed by atoms with Gasteiger partial charge in [0.2, 0.25) is 5.91 Å². The van der Waals surface area contributed by atoms with Crippen LogP contribution in [0.1, 0.15) is 264 Å². The number of unbranched alkanes of at least 4 members (excludes halogenated alkanes) is 34. The van der Waals surface area contributed by atoms with E-state index in [4.69, 9.17) is 28.4 Å². The molecule has 3 saturated heterocycles. The van der Waals surface area contributed by atoms with Gasteiger partial charge in [-0.1, -0.05) is 249 Å². The summed E-state index contributed by atoms with van der Waals surface area (Å²) >= 11 is 0. The minimum atomic E-state index is -1.98. The Morgan fingerprint density at radius 1 is 0.398 bits per heavy atom. The van der Waals surface area contributed by atoms with Crippen molar-refractivity contribution in [2.24, 2.45) is 0 Å². The Bertz CT molecular complexity index is 1740. The zero-order chi connectivity index (χ0) is 64.0. The van der Waals surface area contributed by atoms with Gasteiger partial charge in [-0.05, 0) is 44.9 Å². The Labute approximate surface area is 530 Å². The normalized spacial score (nSPS) is 28.6. The fourth-order valence-corrected chi connectivity index (χ4v) is 11.9. The van der Waals surface area contributed by atoms with Gasteiger partial charge in [0.05, 0.1) is 38.6 Å². The van der Waals surface area contributed by atoms with Gasteiger partial charge in [0.1, 0.15) is 73.2 Å². The first-order chi connectivity index (χ1) is 42.8. The number of amides is 1. The number of carbonyl (C=O) groups is 1. The Kier molecular flexibility index (Phi) is 46.9. The molecule has 0 aliphatic carbocycles. The largest absolute Gasteiger partial charge is 0.394 e. The minimum absolute atomic E-state index is 0.236. The summed E-state index contributed by atoms with van der Waals surface area (Å²) in [5.74, 6) is -0.286. The highest BCUT2D eigenvalue weighted by Crippen LogP contribution is 2.33. The lowest BCUT2D eigenvalue weighted by Crippen LogP contribution is -2.66. The second-order valence-electron chi connectivity index (χ2n) is 25.3. The summed E-state index contributed by atoms with van der Waals surface area (Å²) in [5, 5.41) is 120. The number of aliphatic hydroxyl groups excluding tert-OH is 11. The molecule has 0 saturated carbocycles. The molecule has 0 aromatic heterocycles. The number of rotatable bonds is 54. The topological polar surface area (TPSA) is 307 Å². The maximum Gasteiger partial charge on any atom is 0.220 e. The van der Waals surface area contributed by atoms with E-state index in [9.17, 15) is 61.0 Å². The molecule has 3 rings (SSSR count).